The minimum atomic E-state index is -1.75. The van der Waals surface area contributed by atoms with E-state index in [2.05, 4.69) is 42.5 Å². The quantitative estimate of drug-likeness (QED) is 0.0245. The van der Waals surface area contributed by atoms with Gasteiger partial charge >= 0.3 is 29.8 Å². The number of hydrogen-bond donors (Lipinski definition) is 15. The summed E-state index contributed by atoms with van der Waals surface area (Å²) >= 11 is 0. The predicted molar refractivity (Wildman–Crippen MR) is 288 cm³/mol. The van der Waals surface area contributed by atoms with Gasteiger partial charge in [0.25, 0.3) is 5.91 Å². The summed E-state index contributed by atoms with van der Waals surface area (Å²) in [4.78, 5) is 173. The van der Waals surface area contributed by atoms with Crippen molar-refractivity contribution in [3.8, 4) is 0 Å². The standard InChI is InChI=1S/C52H78N10O21/c53-33-13-11-31(12-14-33)47(75)55-23-2-1-4-34(46(54)74)58-41(65)29-83-27-26-82-25-24-56-49(77)35(16-20-43(68)69)60-51(79)37(18-22-45(72)73)61-50(78)36(17-21-44(70)71)59-40(64)19-15-38(52(80)81)62-48(76)32-9-7-30(8-10-32)28-57-39(63)5-3-6-42(66)67/h11-14,30,32,34-38H,1-10,15-29,53H2,(H2,54,74)(H,55,75)(H,56,77)(H,57,63)(H,58,65)(H,59,64)(H,60,79)(H,61,78)(H,62,76)(H,66,67)(H,68,69)(H,70,71)(H,72,73)(H,80,81). The number of aliphatic carboxylic acids is 5. The lowest BCUT2D eigenvalue weighted by atomic mass is 9.81. The number of rotatable bonds is 43. The van der Waals surface area contributed by atoms with E-state index in [9.17, 15) is 87.5 Å². The summed E-state index contributed by atoms with van der Waals surface area (Å²) in [6.45, 7) is -0.378. The molecule has 5 unspecified atom stereocenters. The largest absolute Gasteiger partial charge is 0.481 e. The maximum absolute atomic E-state index is 13.6. The highest BCUT2D eigenvalue weighted by atomic mass is 16.5. The molecule has 9 amide bonds. The summed E-state index contributed by atoms with van der Waals surface area (Å²) in [5.74, 6) is -14.0. The number of nitrogens with one attached hydrogen (secondary N) is 8. The van der Waals surface area contributed by atoms with Crippen LogP contribution in [0.2, 0.25) is 0 Å². The topological polar surface area (TPSA) is 507 Å². The molecule has 1 saturated carbocycles. The zero-order valence-electron chi connectivity index (χ0n) is 46.0. The average Bonchev–Trinajstić information content (AvgIpc) is 3.43. The Balaban J connectivity index is 1.90. The lowest BCUT2D eigenvalue weighted by Crippen LogP contribution is -2.57. The second-order valence-electron chi connectivity index (χ2n) is 19.6. The van der Waals surface area contributed by atoms with Gasteiger partial charge in [0, 0.05) is 75.3 Å². The van der Waals surface area contributed by atoms with E-state index in [1.54, 1.807) is 24.3 Å². The van der Waals surface area contributed by atoms with Gasteiger partial charge in [0.1, 0.15) is 36.8 Å². The van der Waals surface area contributed by atoms with Crippen LogP contribution in [0.1, 0.15) is 126 Å². The molecule has 2 rings (SSSR count). The van der Waals surface area contributed by atoms with Gasteiger partial charge in [0.05, 0.1) is 19.8 Å². The van der Waals surface area contributed by atoms with Crippen molar-refractivity contribution in [1.29, 1.82) is 0 Å². The zero-order valence-corrected chi connectivity index (χ0v) is 46.0. The summed E-state index contributed by atoms with van der Waals surface area (Å²) < 4.78 is 10.7. The number of carbonyl (C=O) groups excluding carboxylic acids is 9. The minimum Gasteiger partial charge on any atom is -0.481 e. The number of carbonyl (C=O) groups is 14. The normalized spacial score (nSPS) is 15.5. The number of carboxylic acids is 5. The first-order valence-corrected chi connectivity index (χ1v) is 27.1. The van der Waals surface area contributed by atoms with Crippen molar-refractivity contribution in [2.45, 2.75) is 146 Å². The van der Waals surface area contributed by atoms with Crippen LogP contribution in [-0.4, -0.2) is 185 Å². The van der Waals surface area contributed by atoms with Crippen LogP contribution in [0.3, 0.4) is 0 Å². The van der Waals surface area contributed by atoms with Crippen molar-refractivity contribution in [2.75, 3.05) is 51.8 Å². The molecule has 83 heavy (non-hydrogen) atoms. The number of carboxylic acid groups (broad SMARTS) is 5. The van der Waals surface area contributed by atoms with Crippen molar-refractivity contribution >= 4 is 88.7 Å². The molecule has 5 atom stereocenters. The Hall–Kier alpha value is -8.48. The number of primary amides is 1. The number of nitrogens with two attached hydrogens (primary N) is 2. The average molecular weight is 1180 g/mol. The van der Waals surface area contributed by atoms with E-state index in [-0.39, 0.29) is 69.8 Å². The Morgan fingerprint density at radius 1 is 0.482 bits per heavy atom. The molecule has 1 aromatic carbocycles. The summed E-state index contributed by atoms with van der Waals surface area (Å²) in [7, 11) is 0. The van der Waals surface area contributed by atoms with Crippen LogP contribution in [0.4, 0.5) is 5.69 Å². The molecule has 17 N–H and O–H groups in total. The van der Waals surface area contributed by atoms with E-state index >= 15 is 0 Å². The predicted octanol–water partition coefficient (Wildman–Crippen LogP) is -2.14. The summed E-state index contributed by atoms with van der Waals surface area (Å²) in [6.07, 6.45) is -1.80. The van der Waals surface area contributed by atoms with E-state index in [1.165, 1.54) is 0 Å². The van der Waals surface area contributed by atoms with Crippen molar-refractivity contribution in [2.24, 2.45) is 17.6 Å². The molecule has 0 aliphatic heterocycles. The number of benzene rings is 1. The molecule has 0 saturated heterocycles. The summed E-state index contributed by atoms with van der Waals surface area (Å²) in [5, 5.41) is 66.4. The number of anilines is 1. The fourth-order valence-electron chi connectivity index (χ4n) is 8.31. The number of hydrogen-bond acceptors (Lipinski definition) is 17. The Bertz CT molecular complexity index is 2380. The zero-order chi connectivity index (χ0) is 61.9. The van der Waals surface area contributed by atoms with Crippen LogP contribution in [-0.2, 0) is 71.8 Å². The highest BCUT2D eigenvalue weighted by molar-refractivity contribution is 5.96. The Labute approximate surface area is 477 Å². The molecular formula is C52H78N10O21. The number of ether oxygens (including phenoxy) is 2. The minimum absolute atomic E-state index is 0.0333. The van der Waals surface area contributed by atoms with E-state index in [0.29, 0.717) is 62.9 Å². The molecule has 31 nitrogen and oxygen atoms in total. The Morgan fingerprint density at radius 3 is 1.57 bits per heavy atom. The van der Waals surface area contributed by atoms with Crippen molar-refractivity contribution < 1.29 is 102 Å². The van der Waals surface area contributed by atoms with Crippen LogP contribution in [0.5, 0.6) is 0 Å². The Morgan fingerprint density at radius 2 is 1.01 bits per heavy atom. The highest BCUT2D eigenvalue weighted by Gasteiger charge is 2.33. The second kappa shape index (κ2) is 39.0. The van der Waals surface area contributed by atoms with E-state index in [1.807, 2.05) is 0 Å². The molecule has 1 aliphatic carbocycles. The molecule has 1 aromatic rings. The molecule has 0 aromatic heterocycles. The molecule has 0 bridgehead atoms. The first-order valence-electron chi connectivity index (χ1n) is 27.1. The number of nitrogen functional groups attached to an aromatic ring is 1. The molecule has 1 aliphatic rings. The van der Waals surface area contributed by atoms with Gasteiger partial charge in [-0.05, 0) is 107 Å². The molecular weight excluding hydrogens is 1100 g/mol. The van der Waals surface area contributed by atoms with E-state index in [4.69, 9.17) is 26.0 Å². The van der Waals surface area contributed by atoms with E-state index < -0.39 is 165 Å². The van der Waals surface area contributed by atoms with Gasteiger partial charge in [-0.1, -0.05) is 0 Å². The second-order valence-corrected chi connectivity index (χ2v) is 19.6. The molecule has 1 fully saturated rings. The SMILES string of the molecule is NC(=O)C(CCCCNC(=O)c1ccc(N)cc1)NC(=O)COCCOCCNC(=O)C(CCC(=O)O)NC(=O)C(CCC(=O)O)NC(=O)C(CCC(=O)O)NC(=O)CCC(NC(=O)C1CCC(CNC(=O)CCCC(=O)O)CC1)C(=O)O. The molecule has 0 spiro atoms. The van der Waals surface area contributed by atoms with Crippen LogP contribution >= 0.6 is 0 Å². The molecule has 31 heteroatoms. The number of unbranched alkanes of at least 4 members (excludes halogenated alkanes) is 1. The van der Waals surface area contributed by atoms with Gasteiger partial charge in [0.2, 0.25) is 47.3 Å². The molecule has 0 radical (unpaired) electrons. The van der Waals surface area contributed by atoms with Gasteiger partial charge < -0.3 is 89.0 Å². The van der Waals surface area contributed by atoms with Gasteiger partial charge in [-0.3, -0.25) is 62.3 Å². The third-order valence-corrected chi connectivity index (χ3v) is 12.9. The lowest BCUT2D eigenvalue weighted by Gasteiger charge is -2.29. The Kier molecular flexibility index (Phi) is 33.2. The summed E-state index contributed by atoms with van der Waals surface area (Å²) in [6, 6.07) is -1.23. The number of amides is 9. The maximum Gasteiger partial charge on any atom is 0.326 e. The van der Waals surface area contributed by atoms with Crippen LogP contribution < -0.4 is 54.0 Å². The smallest absolute Gasteiger partial charge is 0.326 e. The molecule has 462 valence electrons. The van der Waals surface area contributed by atoms with Crippen molar-refractivity contribution in [3.63, 3.8) is 0 Å². The fraction of sp³-hybridized carbons (Fsp3) is 0.615. The van der Waals surface area contributed by atoms with E-state index in [0.717, 1.165) is 0 Å². The van der Waals surface area contributed by atoms with Crippen LogP contribution in [0.25, 0.3) is 0 Å². The van der Waals surface area contributed by atoms with Gasteiger partial charge in [0.15, 0.2) is 0 Å². The fourth-order valence-corrected chi connectivity index (χ4v) is 8.31. The van der Waals surface area contributed by atoms with Gasteiger partial charge in [-0.15, -0.1) is 0 Å². The lowest BCUT2D eigenvalue weighted by molar-refractivity contribution is -0.143. The highest BCUT2D eigenvalue weighted by Crippen LogP contribution is 2.29. The molecule has 0 heterocycles. The first kappa shape index (κ1) is 70.6. The van der Waals surface area contributed by atoms with Crippen LogP contribution in [0.15, 0.2) is 24.3 Å². The summed E-state index contributed by atoms with van der Waals surface area (Å²) in [5.41, 5.74) is 12.0. The van der Waals surface area contributed by atoms with Gasteiger partial charge in [-0.2, -0.15) is 0 Å². The first-order chi connectivity index (χ1) is 39.3. The third-order valence-electron chi connectivity index (χ3n) is 12.9. The monoisotopic (exact) mass is 1180 g/mol. The van der Waals surface area contributed by atoms with Crippen molar-refractivity contribution in [1.82, 2.24) is 42.5 Å². The van der Waals surface area contributed by atoms with Crippen molar-refractivity contribution in [3.05, 3.63) is 29.8 Å². The van der Waals surface area contributed by atoms with Gasteiger partial charge in [-0.25, -0.2) is 4.79 Å². The third kappa shape index (κ3) is 31.4. The van der Waals surface area contributed by atoms with Crippen LogP contribution in [0, 0.1) is 11.8 Å². The maximum atomic E-state index is 13.6.